The fourth-order valence-corrected chi connectivity index (χ4v) is 2.06. The van der Waals surface area contributed by atoms with Gasteiger partial charge in [0.05, 0.1) is 16.1 Å². The Morgan fingerprint density at radius 2 is 2.22 bits per heavy atom. The monoisotopic (exact) mass is 348 g/mol. The van der Waals surface area contributed by atoms with E-state index in [0.717, 1.165) is 4.47 Å². The molecule has 6 heteroatoms. The third-order valence-electron chi connectivity index (χ3n) is 2.93. The number of hydrogen-bond donors (Lipinski definition) is 2. The van der Waals surface area contributed by atoms with Gasteiger partial charge in [-0.25, -0.2) is 0 Å². The third-order valence-corrected chi connectivity index (χ3v) is 4.31. The minimum Gasteiger partial charge on any atom is -0.392 e. The number of benzene rings is 1. The van der Waals surface area contributed by atoms with Gasteiger partial charge >= 0.3 is 0 Å². The molecule has 18 heavy (non-hydrogen) atoms. The van der Waals surface area contributed by atoms with Gasteiger partial charge in [-0.2, -0.15) is 0 Å². The van der Waals surface area contributed by atoms with Gasteiger partial charge in [0, 0.05) is 9.50 Å². The van der Waals surface area contributed by atoms with E-state index in [1.54, 1.807) is 25.1 Å². The van der Waals surface area contributed by atoms with Gasteiger partial charge in [0.25, 0.3) is 0 Å². The molecule has 1 rings (SSSR count). The second-order valence-corrected chi connectivity index (χ2v) is 5.86. The van der Waals surface area contributed by atoms with E-state index in [4.69, 9.17) is 29.6 Å². The number of rotatable bonds is 4. The van der Waals surface area contributed by atoms with Gasteiger partial charge in [-0.05, 0) is 47.5 Å². The molecule has 0 saturated heterocycles. The van der Waals surface area contributed by atoms with E-state index in [9.17, 15) is 4.79 Å². The van der Waals surface area contributed by atoms with Crippen LogP contribution in [-0.2, 0) is 4.79 Å². The predicted octanol–water partition coefficient (Wildman–Crippen LogP) is 3.74. The van der Waals surface area contributed by atoms with E-state index >= 15 is 0 Å². The van der Waals surface area contributed by atoms with Gasteiger partial charge in [0.15, 0.2) is 0 Å². The zero-order valence-corrected chi connectivity index (χ0v) is 13.2. The molecule has 0 saturated carbocycles. The SMILES string of the molecule is CCC(C)(C(=O)Nc1cc(Cl)ccc1Br)C(N)=S. The summed E-state index contributed by atoms with van der Waals surface area (Å²) < 4.78 is 0.752. The van der Waals surface area contributed by atoms with Crippen molar-refractivity contribution in [2.75, 3.05) is 5.32 Å². The van der Waals surface area contributed by atoms with Gasteiger partial charge in [-0.15, -0.1) is 0 Å². The Labute approximate surface area is 125 Å². The number of amides is 1. The van der Waals surface area contributed by atoms with Crippen LogP contribution >= 0.6 is 39.7 Å². The second-order valence-electron chi connectivity index (χ2n) is 4.13. The topological polar surface area (TPSA) is 55.1 Å². The number of halogens is 2. The van der Waals surface area contributed by atoms with Gasteiger partial charge in [0.1, 0.15) is 0 Å². The van der Waals surface area contributed by atoms with Crippen molar-refractivity contribution < 1.29 is 4.79 Å². The number of carbonyl (C=O) groups is 1. The zero-order chi connectivity index (χ0) is 13.9. The maximum Gasteiger partial charge on any atom is 0.237 e. The Morgan fingerprint density at radius 3 is 2.72 bits per heavy atom. The Kier molecular flexibility index (Phi) is 5.13. The molecular weight excluding hydrogens is 336 g/mol. The molecule has 1 amide bonds. The average Bonchev–Trinajstić information content (AvgIpc) is 2.32. The van der Waals surface area contributed by atoms with Crippen molar-refractivity contribution >= 4 is 56.3 Å². The van der Waals surface area contributed by atoms with Crippen molar-refractivity contribution in [3.8, 4) is 0 Å². The summed E-state index contributed by atoms with van der Waals surface area (Å²) in [6.07, 6.45) is 0.534. The number of hydrogen-bond acceptors (Lipinski definition) is 2. The molecule has 1 aromatic rings. The first-order valence-corrected chi connectivity index (χ1v) is 6.95. The Balaban J connectivity index is 3.00. The van der Waals surface area contributed by atoms with Crippen LogP contribution in [0.25, 0.3) is 0 Å². The van der Waals surface area contributed by atoms with E-state index in [1.807, 2.05) is 6.92 Å². The highest BCUT2D eigenvalue weighted by molar-refractivity contribution is 9.10. The maximum atomic E-state index is 12.2. The Bertz CT molecular complexity index is 495. The third kappa shape index (κ3) is 3.22. The van der Waals surface area contributed by atoms with Gasteiger partial charge in [-0.1, -0.05) is 30.7 Å². The van der Waals surface area contributed by atoms with Crippen molar-refractivity contribution in [1.29, 1.82) is 0 Å². The fourth-order valence-electron chi connectivity index (χ4n) is 1.30. The number of nitrogens with two attached hydrogens (primary N) is 1. The lowest BCUT2D eigenvalue weighted by Crippen LogP contribution is -2.43. The van der Waals surface area contributed by atoms with E-state index in [-0.39, 0.29) is 10.9 Å². The molecule has 1 unspecified atom stereocenters. The first-order valence-electron chi connectivity index (χ1n) is 5.37. The highest BCUT2D eigenvalue weighted by atomic mass is 79.9. The van der Waals surface area contributed by atoms with Crippen LogP contribution in [0.3, 0.4) is 0 Å². The number of thiocarbonyl (C=S) groups is 1. The average molecular weight is 350 g/mol. The molecule has 3 nitrogen and oxygen atoms in total. The minimum absolute atomic E-state index is 0.181. The summed E-state index contributed by atoms with van der Waals surface area (Å²) in [5.74, 6) is -0.236. The van der Waals surface area contributed by atoms with E-state index in [0.29, 0.717) is 17.1 Å². The number of nitrogens with one attached hydrogen (secondary N) is 1. The first kappa shape index (κ1) is 15.4. The molecule has 0 aliphatic rings. The standard InChI is InChI=1S/C12H14BrClN2OS/c1-3-12(2,10(15)18)11(17)16-9-6-7(14)4-5-8(9)13/h4-6H,3H2,1-2H3,(H2,15,18)(H,16,17). The number of anilines is 1. The maximum absolute atomic E-state index is 12.2. The predicted molar refractivity (Wildman–Crippen MR) is 83.0 cm³/mol. The molecular formula is C12H14BrClN2OS. The zero-order valence-electron chi connectivity index (χ0n) is 10.1. The lowest BCUT2D eigenvalue weighted by atomic mass is 9.86. The summed E-state index contributed by atoms with van der Waals surface area (Å²) >= 11 is 14.2. The highest BCUT2D eigenvalue weighted by Gasteiger charge is 2.34. The summed E-state index contributed by atoms with van der Waals surface area (Å²) in [4.78, 5) is 12.4. The molecule has 0 fully saturated rings. The largest absolute Gasteiger partial charge is 0.392 e. The van der Waals surface area contributed by atoms with E-state index < -0.39 is 5.41 Å². The van der Waals surface area contributed by atoms with Crippen LogP contribution in [-0.4, -0.2) is 10.9 Å². The van der Waals surface area contributed by atoms with Crippen molar-refractivity contribution in [2.24, 2.45) is 11.1 Å². The van der Waals surface area contributed by atoms with Crippen LogP contribution in [0, 0.1) is 5.41 Å². The van der Waals surface area contributed by atoms with Crippen LogP contribution in [0.4, 0.5) is 5.69 Å². The molecule has 1 aromatic carbocycles. The van der Waals surface area contributed by atoms with Gasteiger partial charge < -0.3 is 11.1 Å². The highest BCUT2D eigenvalue weighted by Crippen LogP contribution is 2.29. The lowest BCUT2D eigenvalue weighted by Gasteiger charge is -2.25. The normalized spacial score (nSPS) is 13.8. The Hall–Kier alpha value is -0.650. The first-order chi connectivity index (χ1) is 8.31. The molecule has 1 atom stereocenters. The quantitative estimate of drug-likeness (QED) is 0.814. The van der Waals surface area contributed by atoms with Crippen molar-refractivity contribution in [3.63, 3.8) is 0 Å². The van der Waals surface area contributed by atoms with Gasteiger partial charge in [-0.3, -0.25) is 4.79 Å². The molecule has 3 N–H and O–H groups in total. The van der Waals surface area contributed by atoms with Crippen LogP contribution in [0.5, 0.6) is 0 Å². The fraction of sp³-hybridized carbons (Fsp3) is 0.333. The Morgan fingerprint density at radius 1 is 1.61 bits per heavy atom. The summed E-state index contributed by atoms with van der Waals surface area (Å²) in [7, 11) is 0. The molecule has 0 bridgehead atoms. The minimum atomic E-state index is -0.864. The molecule has 0 radical (unpaired) electrons. The summed E-state index contributed by atoms with van der Waals surface area (Å²) in [6, 6.07) is 5.16. The summed E-state index contributed by atoms with van der Waals surface area (Å²) in [6.45, 7) is 3.59. The molecule has 98 valence electrons. The molecule has 0 heterocycles. The van der Waals surface area contributed by atoms with Crippen molar-refractivity contribution in [2.45, 2.75) is 20.3 Å². The van der Waals surface area contributed by atoms with Crippen LogP contribution < -0.4 is 11.1 Å². The molecule has 0 aliphatic carbocycles. The van der Waals surface area contributed by atoms with Crippen LogP contribution in [0.1, 0.15) is 20.3 Å². The van der Waals surface area contributed by atoms with Crippen LogP contribution in [0.2, 0.25) is 5.02 Å². The van der Waals surface area contributed by atoms with Crippen molar-refractivity contribution in [1.82, 2.24) is 0 Å². The van der Waals surface area contributed by atoms with Gasteiger partial charge in [0.2, 0.25) is 5.91 Å². The summed E-state index contributed by atoms with van der Waals surface area (Å²) in [5, 5.41) is 3.33. The van der Waals surface area contributed by atoms with Crippen molar-refractivity contribution in [3.05, 3.63) is 27.7 Å². The number of carbonyl (C=O) groups excluding carboxylic acids is 1. The van der Waals surface area contributed by atoms with E-state index in [1.165, 1.54) is 0 Å². The smallest absolute Gasteiger partial charge is 0.237 e. The molecule has 0 spiro atoms. The second kappa shape index (κ2) is 5.99. The molecule has 0 aliphatic heterocycles. The van der Waals surface area contributed by atoms with E-state index in [2.05, 4.69) is 21.2 Å². The van der Waals surface area contributed by atoms with Crippen LogP contribution in [0.15, 0.2) is 22.7 Å². The molecule has 0 aromatic heterocycles. The summed E-state index contributed by atoms with van der Waals surface area (Å²) in [5.41, 5.74) is 5.37. The lowest BCUT2D eigenvalue weighted by molar-refractivity contribution is -0.121.